The Labute approximate surface area is 194 Å². The molecule has 0 heterocycles. The average molecular weight is 471 g/mol. The van der Waals surface area contributed by atoms with Crippen LogP contribution in [0.25, 0.3) is 0 Å². The van der Waals surface area contributed by atoms with Gasteiger partial charge in [-0.2, -0.15) is 0 Å². The number of nitrogens with zero attached hydrogens (tertiary/aromatic N) is 1. The number of anilines is 1. The minimum absolute atomic E-state index is 0.0257. The van der Waals surface area contributed by atoms with Crippen molar-refractivity contribution < 1.29 is 22.3 Å². The van der Waals surface area contributed by atoms with Gasteiger partial charge < -0.3 is 10.1 Å². The second-order valence-corrected chi connectivity index (χ2v) is 9.50. The first-order valence-electron chi connectivity index (χ1n) is 10.5. The zero-order valence-corrected chi connectivity index (χ0v) is 19.7. The molecule has 1 amide bonds. The fourth-order valence-corrected chi connectivity index (χ4v) is 4.82. The van der Waals surface area contributed by atoms with Gasteiger partial charge in [0.2, 0.25) is 5.91 Å². The van der Waals surface area contributed by atoms with E-state index in [9.17, 15) is 17.6 Å². The largest absolute Gasteiger partial charge is 0.497 e. The van der Waals surface area contributed by atoms with E-state index in [1.165, 1.54) is 17.5 Å². The number of rotatable bonds is 9. The normalized spacial score (nSPS) is 11.2. The molecule has 0 atom stereocenters. The number of halogens is 1. The Kier molecular flexibility index (Phi) is 7.71. The number of carbonyl (C=O) groups is 1. The maximum atomic E-state index is 13.8. The third-order valence-corrected chi connectivity index (χ3v) is 7.23. The van der Waals surface area contributed by atoms with Crippen molar-refractivity contribution in [1.29, 1.82) is 0 Å². The molecule has 1 N–H and O–H groups in total. The van der Waals surface area contributed by atoms with Gasteiger partial charge in [-0.05, 0) is 67.4 Å². The van der Waals surface area contributed by atoms with Gasteiger partial charge in [0.05, 0.1) is 17.7 Å². The highest BCUT2D eigenvalue weighted by molar-refractivity contribution is 7.92. The molecule has 0 radical (unpaired) electrons. The predicted octanol–water partition coefficient (Wildman–Crippen LogP) is 4.35. The van der Waals surface area contributed by atoms with Crippen LogP contribution in [-0.4, -0.2) is 28.0 Å². The molecule has 0 bridgehead atoms. The second-order valence-electron chi connectivity index (χ2n) is 7.64. The molecule has 8 heteroatoms. The predicted molar refractivity (Wildman–Crippen MR) is 126 cm³/mol. The number of benzene rings is 3. The maximum Gasteiger partial charge on any atom is 0.264 e. The van der Waals surface area contributed by atoms with Crippen LogP contribution >= 0.6 is 0 Å². The van der Waals surface area contributed by atoms with Gasteiger partial charge in [-0.3, -0.25) is 9.10 Å². The Morgan fingerprint density at radius 3 is 2.33 bits per heavy atom. The summed E-state index contributed by atoms with van der Waals surface area (Å²) in [6.45, 7) is 3.71. The van der Waals surface area contributed by atoms with Gasteiger partial charge in [0.1, 0.15) is 11.6 Å². The van der Waals surface area contributed by atoms with Crippen LogP contribution in [0.4, 0.5) is 10.1 Å². The van der Waals surface area contributed by atoms with Crippen LogP contribution in [0, 0.1) is 19.7 Å². The molecule has 0 aliphatic heterocycles. The lowest BCUT2D eigenvalue weighted by molar-refractivity contribution is -0.121. The molecule has 0 saturated carbocycles. The van der Waals surface area contributed by atoms with Crippen LogP contribution in [0.2, 0.25) is 0 Å². The number of carbonyl (C=O) groups excluding carboxylic acids is 1. The van der Waals surface area contributed by atoms with E-state index >= 15 is 0 Å². The van der Waals surface area contributed by atoms with Crippen LogP contribution < -0.4 is 14.4 Å². The summed E-state index contributed by atoms with van der Waals surface area (Å²) >= 11 is 0. The molecule has 0 unspecified atom stereocenters. The Hall–Kier alpha value is -3.39. The second kappa shape index (κ2) is 10.5. The van der Waals surface area contributed by atoms with Crippen molar-refractivity contribution >= 4 is 21.6 Å². The molecule has 6 nitrogen and oxygen atoms in total. The van der Waals surface area contributed by atoms with Crippen molar-refractivity contribution in [3.8, 4) is 5.75 Å². The van der Waals surface area contributed by atoms with E-state index in [0.717, 1.165) is 11.1 Å². The van der Waals surface area contributed by atoms with Crippen LogP contribution in [-0.2, 0) is 21.4 Å². The number of amides is 1. The highest BCUT2D eigenvalue weighted by atomic mass is 32.2. The topological polar surface area (TPSA) is 75.7 Å². The first-order valence-corrected chi connectivity index (χ1v) is 11.9. The molecule has 0 aliphatic rings. The number of nitrogens with one attached hydrogen (secondary N) is 1. The summed E-state index contributed by atoms with van der Waals surface area (Å²) < 4.78 is 47.2. The number of ether oxygens (including phenoxy) is 1. The van der Waals surface area contributed by atoms with E-state index in [0.29, 0.717) is 17.0 Å². The van der Waals surface area contributed by atoms with Gasteiger partial charge >= 0.3 is 0 Å². The molecule has 174 valence electrons. The van der Waals surface area contributed by atoms with E-state index in [4.69, 9.17) is 4.74 Å². The van der Waals surface area contributed by atoms with Crippen LogP contribution in [0.3, 0.4) is 0 Å². The lowest BCUT2D eigenvalue weighted by atomic mass is 10.1. The first-order chi connectivity index (χ1) is 15.7. The molecule has 3 aromatic rings. The van der Waals surface area contributed by atoms with E-state index in [1.54, 1.807) is 60.7 Å². The van der Waals surface area contributed by atoms with Crippen molar-refractivity contribution in [3.05, 3.63) is 89.2 Å². The SMILES string of the molecule is COc1ccc(N(CCC(=O)NCc2ccccc2F)S(=O)(=O)c2ccc(C)c(C)c2)cc1. The summed E-state index contributed by atoms with van der Waals surface area (Å²) in [7, 11) is -2.40. The smallest absolute Gasteiger partial charge is 0.264 e. The molecule has 0 saturated heterocycles. The van der Waals surface area contributed by atoms with Crippen molar-refractivity contribution in [2.45, 2.75) is 31.7 Å². The molecule has 0 fully saturated rings. The number of sulfonamides is 1. The summed E-state index contributed by atoms with van der Waals surface area (Å²) in [5.41, 5.74) is 2.61. The summed E-state index contributed by atoms with van der Waals surface area (Å²) in [4.78, 5) is 12.6. The van der Waals surface area contributed by atoms with Crippen molar-refractivity contribution in [2.24, 2.45) is 0 Å². The third-order valence-electron chi connectivity index (χ3n) is 5.40. The van der Waals surface area contributed by atoms with E-state index in [2.05, 4.69) is 5.32 Å². The molecular weight excluding hydrogens is 443 g/mol. The summed E-state index contributed by atoms with van der Waals surface area (Å²) in [6, 6.07) is 17.7. The molecule has 0 aromatic heterocycles. The fraction of sp³-hybridized carbons (Fsp3) is 0.240. The van der Waals surface area contributed by atoms with Crippen molar-refractivity contribution in [2.75, 3.05) is 18.0 Å². The standard InChI is InChI=1S/C25H27FN2O4S/c1-18-8-13-23(16-19(18)2)33(30,31)28(21-9-11-22(32-3)12-10-21)15-14-25(29)27-17-20-6-4-5-7-24(20)26/h4-13,16H,14-15,17H2,1-3H3,(H,27,29). The minimum Gasteiger partial charge on any atom is -0.497 e. The van der Waals surface area contributed by atoms with Crippen molar-refractivity contribution in [3.63, 3.8) is 0 Å². The van der Waals surface area contributed by atoms with Crippen LogP contribution in [0.1, 0.15) is 23.1 Å². The fourth-order valence-electron chi connectivity index (χ4n) is 3.27. The number of hydrogen-bond acceptors (Lipinski definition) is 4. The van der Waals surface area contributed by atoms with Gasteiger partial charge in [0.15, 0.2) is 0 Å². The third kappa shape index (κ3) is 5.90. The lowest BCUT2D eigenvalue weighted by Gasteiger charge is -2.25. The maximum absolute atomic E-state index is 13.8. The van der Waals surface area contributed by atoms with Gasteiger partial charge in [-0.15, -0.1) is 0 Å². The monoisotopic (exact) mass is 470 g/mol. The summed E-state index contributed by atoms with van der Waals surface area (Å²) in [5.74, 6) is -0.202. The van der Waals surface area contributed by atoms with Crippen LogP contribution in [0.15, 0.2) is 71.6 Å². The van der Waals surface area contributed by atoms with Gasteiger partial charge in [-0.25, -0.2) is 12.8 Å². The number of methoxy groups -OCH3 is 1. The summed E-state index contributed by atoms with van der Waals surface area (Å²) in [5, 5.41) is 2.65. The Morgan fingerprint density at radius 1 is 1.00 bits per heavy atom. The van der Waals surface area contributed by atoms with E-state index in [1.807, 2.05) is 13.8 Å². The van der Waals surface area contributed by atoms with Crippen molar-refractivity contribution in [1.82, 2.24) is 5.32 Å². The van der Waals surface area contributed by atoms with Gasteiger partial charge in [0.25, 0.3) is 10.0 Å². The summed E-state index contributed by atoms with van der Waals surface area (Å²) in [6.07, 6.45) is -0.0927. The molecule has 3 aromatic carbocycles. The highest BCUT2D eigenvalue weighted by Crippen LogP contribution is 2.27. The molecule has 0 aliphatic carbocycles. The minimum atomic E-state index is -3.93. The number of hydrogen-bond donors (Lipinski definition) is 1. The molecule has 33 heavy (non-hydrogen) atoms. The Morgan fingerprint density at radius 2 is 1.70 bits per heavy atom. The average Bonchev–Trinajstić information content (AvgIpc) is 2.80. The Balaban J connectivity index is 1.81. The quantitative estimate of drug-likeness (QED) is 0.504. The lowest BCUT2D eigenvalue weighted by Crippen LogP contribution is -2.35. The van der Waals surface area contributed by atoms with Gasteiger partial charge in [0, 0.05) is 25.1 Å². The first kappa shape index (κ1) is 24.3. The van der Waals surface area contributed by atoms with E-state index in [-0.39, 0.29) is 30.3 Å². The van der Waals surface area contributed by atoms with E-state index < -0.39 is 15.8 Å². The highest BCUT2D eigenvalue weighted by Gasteiger charge is 2.26. The molecular formula is C25H27FN2O4S. The zero-order chi connectivity index (χ0) is 24.0. The van der Waals surface area contributed by atoms with Gasteiger partial charge in [-0.1, -0.05) is 24.3 Å². The molecule has 0 spiro atoms. The Bertz CT molecular complexity index is 1230. The number of aryl methyl sites for hydroxylation is 2. The molecule has 3 rings (SSSR count). The van der Waals surface area contributed by atoms with Crippen LogP contribution in [0.5, 0.6) is 5.75 Å². The zero-order valence-electron chi connectivity index (χ0n) is 18.8.